The van der Waals surface area contributed by atoms with Gasteiger partial charge in [-0.3, -0.25) is 14.3 Å². The largest absolute Gasteiger partial charge is 0.482 e. The number of aryl methyl sites for hydroxylation is 1. The standard InChI is InChI=1S/C36H44ClN3O7S/c1-39-17-3-2-6-30(41)28-12-7-24(28)21-40-18-15-25(36(44,20-32(39)42)34(43)38-48(45,46)27-10-11-27)8-14-31-33(47-31)35(22-40)16-4-5-23-19-26(37)9-13-29(23)35/h2,6,8-9,13-15,18-19,24,27-28,30,33,41,44H,3-5,7,10-12,16-17,20-22H2,1H3,(H,38,43)/b6-2+,18-15?,25-8?,31-14?/t24-,28+,30-,33?,35+,36+/m0/s1. The fourth-order valence-corrected chi connectivity index (χ4v) is 9.58. The Labute approximate surface area is 287 Å². The number of allylic oxidation sites excluding steroid dienone is 2. The monoisotopic (exact) mass is 697 g/mol. The second-order valence-corrected chi connectivity index (χ2v) is 16.9. The van der Waals surface area contributed by atoms with Gasteiger partial charge in [0.15, 0.2) is 11.7 Å². The first-order chi connectivity index (χ1) is 22.9. The molecule has 1 aromatic carbocycles. The summed E-state index contributed by atoms with van der Waals surface area (Å²) in [5.41, 5.74) is -0.390. The number of nitrogens with zero attached hydrogens (tertiary/aromatic N) is 2. The molecule has 1 aromatic rings. The summed E-state index contributed by atoms with van der Waals surface area (Å²) in [7, 11) is -2.44. The zero-order valence-corrected chi connectivity index (χ0v) is 28.8. The summed E-state index contributed by atoms with van der Waals surface area (Å²) in [6.45, 7) is 1.49. The number of hydrogen-bond acceptors (Lipinski definition) is 8. The molecule has 3 heterocycles. The molecule has 1 unspecified atom stereocenters. The molecule has 3 N–H and O–H groups in total. The van der Waals surface area contributed by atoms with Crippen LogP contribution in [0.15, 0.2) is 66.1 Å². The van der Waals surface area contributed by atoms with Crippen molar-refractivity contribution in [3.8, 4) is 0 Å². The van der Waals surface area contributed by atoms with Gasteiger partial charge in [0, 0.05) is 31.7 Å². The number of aliphatic hydroxyl groups is 2. The normalized spacial score (nSPS) is 34.5. The van der Waals surface area contributed by atoms with Crippen LogP contribution in [0.4, 0.5) is 0 Å². The predicted molar refractivity (Wildman–Crippen MR) is 181 cm³/mol. The Bertz CT molecular complexity index is 1720. The van der Waals surface area contributed by atoms with E-state index in [4.69, 9.17) is 16.3 Å². The zero-order valence-electron chi connectivity index (χ0n) is 27.2. The Balaban J connectivity index is 1.33. The van der Waals surface area contributed by atoms with Gasteiger partial charge in [-0.05, 0) is 110 Å². The van der Waals surface area contributed by atoms with Crippen LogP contribution in [0.5, 0.6) is 0 Å². The highest BCUT2D eigenvalue weighted by Gasteiger charge is 2.56. The SMILES string of the molecule is CN1CC/C=C/[C@H](O)[C@@H]2CC[C@H]2CN2C=CC(=CC=C3OC3[C@]3(CCCc4cc(Cl)ccc43)C2)[C@@](O)(C(=O)NS(=O)(=O)C2CC2)CC1=O. The van der Waals surface area contributed by atoms with Gasteiger partial charge in [0.05, 0.1) is 23.2 Å². The maximum Gasteiger partial charge on any atom is 0.270 e. The van der Waals surface area contributed by atoms with Crippen molar-refractivity contribution in [1.82, 2.24) is 14.5 Å². The molecule has 7 rings (SSSR count). The lowest BCUT2D eigenvalue weighted by Crippen LogP contribution is -2.53. The molecule has 2 amide bonds. The number of rotatable bonds is 3. The number of carbonyl (C=O) groups excluding carboxylic acids is 2. The second kappa shape index (κ2) is 12.6. The molecule has 10 nitrogen and oxygen atoms in total. The van der Waals surface area contributed by atoms with Crippen LogP contribution in [-0.2, 0) is 36.2 Å². The third-order valence-electron chi connectivity index (χ3n) is 11.2. The molecule has 1 spiro atoms. The maximum absolute atomic E-state index is 13.8. The van der Waals surface area contributed by atoms with E-state index in [-0.39, 0.29) is 28.9 Å². The minimum absolute atomic E-state index is 0.0729. The summed E-state index contributed by atoms with van der Waals surface area (Å²) in [4.78, 5) is 31.0. The molecule has 3 aliphatic carbocycles. The van der Waals surface area contributed by atoms with Crippen molar-refractivity contribution in [3.05, 3.63) is 82.3 Å². The molecule has 3 aliphatic heterocycles. The minimum atomic E-state index is -4.02. The second-order valence-electron chi connectivity index (χ2n) is 14.5. The third kappa shape index (κ3) is 6.34. The van der Waals surface area contributed by atoms with Gasteiger partial charge < -0.3 is 24.7 Å². The number of halogens is 1. The van der Waals surface area contributed by atoms with Gasteiger partial charge in [-0.2, -0.15) is 0 Å². The highest BCUT2D eigenvalue weighted by Crippen LogP contribution is 2.52. The van der Waals surface area contributed by atoms with Crippen LogP contribution >= 0.6 is 11.6 Å². The van der Waals surface area contributed by atoms with Gasteiger partial charge in [-0.1, -0.05) is 35.9 Å². The van der Waals surface area contributed by atoms with E-state index in [1.165, 1.54) is 16.0 Å². The number of nitrogens with one attached hydrogen (secondary N) is 1. The summed E-state index contributed by atoms with van der Waals surface area (Å²) in [6, 6.07) is 6.07. The average molecular weight is 698 g/mol. The van der Waals surface area contributed by atoms with Gasteiger partial charge in [0.1, 0.15) is 5.76 Å². The van der Waals surface area contributed by atoms with Crippen LogP contribution < -0.4 is 4.72 Å². The van der Waals surface area contributed by atoms with E-state index < -0.39 is 45.2 Å². The lowest BCUT2D eigenvalue weighted by Gasteiger charge is -2.45. The third-order valence-corrected chi connectivity index (χ3v) is 13.3. The van der Waals surface area contributed by atoms with Crippen LogP contribution in [0.1, 0.15) is 62.5 Å². The van der Waals surface area contributed by atoms with E-state index in [1.54, 1.807) is 25.3 Å². The fraction of sp³-hybridized carbons (Fsp3) is 0.556. The van der Waals surface area contributed by atoms with E-state index >= 15 is 0 Å². The molecular weight excluding hydrogens is 654 g/mol. The molecule has 3 fully saturated rings. The average Bonchev–Trinajstić information content (AvgIpc) is 3.94. The summed E-state index contributed by atoms with van der Waals surface area (Å²) < 4.78 is 34.2. The van der Waals surface area contributed by atoms with E-state index in [1.807, 2.05) is 30.5 Å². The lowest BCUT2D eigenvalue weighted by molar-refractivity contribution is -0.143. The molecule has 6 aliphatic rings. The van der Waals surface area contributed by atoms with Gasteiger partial charge in [0.2, 0.25) is 15.9 Å². The van der Waals surface area contributed by atoms with Crippen molar-refractivity contribution in [2.45, 2.75) is 86.3 Å². The fourth-order valence-electron chi connectivity index (χ4n) is 8.03. The Morgan fingerprint density at radius 1 is 1.17 bits per heavy atom. The molecule has 0 radical (unpaired) electrons. The number of hydrogen-bond donors (Lipinski definition) is 3. The Morgan fingerprint density at radius 2 is 1.98 bits per heavy atom. The van der Waals surface area contributed by atoms with Gasteiger partial charge in [-0.25, -0.2) is 8.42 Å². The number of ether oxygens (including phenoxy) is 1. The number of fused-ring (bicyclic) bond motifs is 7. The Morgan fingerprint density at radius 3 is 2.73 bits per heavy atom. The van der Waals surface area contributed by atoms with Crippen molar-refractivity contribution < 1.29 is 33.0 Å². The van der Waals surface area contributed by atoms with Crippen LogP contribution in [0.3, 0.4) is 0 Å². The number of epoxide rings is 1. The summed E-state index contributed by atoms with van der Waals surface area (Å²) in [5, 5.41) is 23.3. The van der Waals surface area contributed by atoms with E-state index in [0.717, 1.165) is 32.1 Å². The number of benzene rings is 1. The van der Waals surface area contributed by atoms with E-state index in [2.05, 4.69) is 15.7 Å². The Kier molecular flexibility index (Phi) is 8.79. The van der Waals surface area contributed by atoms with Crippen molar-refractivity contribution in [2.24, 2.45) is 11.8 Å². The van der Waals surface area contributed by atoms with Crippen LogP contribution in [0.2, 0.25) is 5.02 Å². The number of carbonyl (C=O) groups is 2. The van der Waals surface area contributed by atoms with Crippen LogP contribution in [0.25, 0.3) is 0 Å². The van der Waals surface area contributed by atoms with Crippen molar-refractivity contribution in [3.63, 3.8) is 0 Å². The zero-order chi connectivity index (χ0) is 33.8. The highest BCUT2D eigenvalue weighted by molar-refractivity contribution is 7.91. The quantitative estimate of drug-likeness (QED) is 0.322. The molecule has 2 saturated carbocycles. The minimum Gasteiger partial charge on any atom is -0.482 e. The predicted octanol–water partition coefficient (Wildman–Crippen LogP) is 3.49. The number of amides is 2. The Hall–Kier alpha value is -3.12. The molecule has 258 valence electrons. The maximum atomic E-state index is 13.8. The van der Waals surface area contributed by atoms with E-state index in [9.17, 15) is 28.2 Å². The van der Waals surface area contributed by atoms with Crippen molar-refractivity contribution in [1.29, 1.82) is 0 Å². The van der Waals surface area contributed by atoms with Crippen molar-refractivity contribution >= 4 is 33.4 Å². The number of aliphatic hydroxyl groups excluding tert-OH is 1. The molecule has 12 heteroatoms. The molecule has 1 saturated heterocycles. The lowest BCUT2D eigenvalue weighted by atomic mass is 9.66. The molecule has 6 atom stereocenters. The first kappa shape index (κ1) is 33.4. The summed E-state index contributed by atoms with van der Waals surface area (Å²) in [5.74, 6) is -0.708. The number of sulfonamides is 1. The summed E-state index contributed by atoms with van der Waals surface area (Å²) >= 11 is 6.43. The van der Waals surface area contributed by atoms with Gasteiger partial charge >= 0.3 is 0 Å². The topological polar surface area (TPSA) is 140 Å². The first-order valence-corrected chi connectivity index (χ1v) is 19.0. The van der Waals surface area contributed by atoms with Gasteiger partial charge in [-0.15, -0.1) is 0 Å². The molecule has 48 heavy (non-hydrogen) atoms. The first-order valence-electron chi connectivity index (χ1n) is 17.1. The highest BCUT2D eigenvalue weighted by atomic mass is 35.5. The molecular formula is C36H44ClN3O7S. The smallest absolute Gasteiger partial charge is 0.270 e. The van der Waals surface area contributed by atoms with Crippen LogP contribution in [-0.4, -0.2) is 90.0 Å². The van der Waals surface area contributed by atoms with E-state index in [0.29, 0.717) is 49.7 Å². The molecule has 0 aromatic heterocycles. The van der Waals surface area contributed by atoms with Crippen LogP contribution in [0, 0.1) is 11.8 Å². The molecule has 2 bridgehead atoms. The summed E-state index contributed by atoms with van der Waals surface area (Å²) in [6.07, 6.45) is 14.9. The van der Waals surface area contributed by atoms with Crippen molar-refractivity contribution in [2.75, 3.05) is 26.7 Å². The van der Waals surface area contributed by atoms with Gasteiger partial charge in [0.25, 0.3) is 5.91 Å².